The molecular weight excluding hydrogens is 155 g/mol. The summed E-state index contributed by atoms with van der Waals surface area (Å²) in [6.45, 7) is 8.87. The molecule has 0 radical (unpaired) electrons. The largest absolute Gasteiger partial charge is 0.450 e. The first-order valence-corrected chi connectivity index (χ1v) is 5.39. The van der Waals surface area contributed by atoms with E-state index in [-0.39, 0.29) is 7.92 Å². The van der Waals surface area contributed by atoms with Gasteiger partial charge in [0.25, 0.3) is 0 Å². The van der Waals surface area contributed by atoms with E-state index in [2.05, 4.69) is 39.5 Å². The van der Waals surface area contributed by atoms with Crippen LogP contribution in [0.15, 0.2) is 0 Å². The van der Waals surface area contributed by atoms with Gasteiger partial charge in [-0.1, -0.05) is 27.7 Å². The highest BCUT2D eigenvalue weighted by Crippen LogP contribution is 2.44. The summed E-state index contributed by atoms with van der Waals surface area (Å²) in [4.78, 5) is 0. The highest BCUT2D eigenvalue weighted by atomic mass is 31.1. The van der Waals surface area contributed by atoms with E-state index >= 15 is 0 Å². The lowest BCUT2D eigenvalue weighted by molar-refractivity contribution is 0.372. The summed E-state index contributed by atoms with van der Waals surface area (Å²) in [5.41, 5.74) is 4.51. The average molecular weight is 172 g/mol. The van der Waals surface area contributed by atoms with E-state index in [1.807, 2.05) is 0 Å². The van der Waals surface area contributed by atoms with Crippen LogP contribution < -0.4 is 0 Å². The molecule has 0 saturated carbocycles. The van der Waals surface area contributed by atoms with E-state index in [0.29, 0.717) is 11.3 Å². The lowest BCUT2D eigenvalue weighted by atomic mass is 10.5. The Bertz CT molecular complexity index is 145. The van der Waals surface area contributed by atoms with Crippen LogP contribution in [0.4, 0.5) is 0 Å². The van der Waals surface area contributed by atoms with Crippen LogP contribution >= 0.6 is 7.92 Å². The summed E-state index contributed by atoms with van der Waals surface area (Å²) < 4.78 is 4.73. The normalized spacial score (nSPS) is 10.2. The summed E-state index contributed by atoms with van der Waals surface area (Å²) in [6, 6.07) is 0. The minimum absolute atomic E-state index is 0.171. The summed E-state index contributed by atoms with van der Waals surface area (Å²) in [6.07, 6.45) is 2.69. The number of hydrogen-bond donors (Lipinski definition) is 0. The quantitative estimate of drug-likeness (QED) is 0.459. The van der Waals surface area contributed by atoms with E-state index < -0.39 is 0 Å². The molecule has 0 heterocycles. The second-order valence-electron chi connectivity index (χ2n) is 3.01. The van der Waals surface area contributed by atoms with Gasteiger partial charge in [-0.05, 0) is 24.9 Å². The van der Waals surface area contributed by atoms with Gasteiger partial charge >= 0.3 is 0 Å². The van der Waals surface area contributed by atoms with E-state index in [1.165, 1.54) is 0 Å². The minimum atomic E-state index is -0.171. The Labute approximate surface area is 71.3 Å². The third-order valence-electron chi connectivity index (χ3n) is 1.39. The maximum Gasteiger partial charge on any atom is 0.114 e. The minimum Gasteiger partial charge on any atom is -0.450 e. The lowest BCUT2D eigenvalue weighted by Crippen LogP contribution is -2.01. The van der Waals surface area contributed by atoms with Crippen molar-refractivity contribution in [3.8, 4) is 11.8 Å². The maximum atomic E-state index is 4.73. The Balaban J connectivity index is 4.11. The first-order chi connectivity index (χ1) is 5.09. The predicted octanol–water partition coefficient (Wildman–Crippen LogP) is 2.85. The smallest absolute Gasteiger partial charge is 0.114 e. The van der Waals surface area contributed by atoms with E-state index in [1.54, 1.807) is 7.11 Å². The van der Waals surface area contributed by atoms with E-state index in [4.69, 9.17) is 4.74 Å². The van der Waals surface area contributed by atoms with Crippen LogP contribution in [0.3, 0.4) is 0 Å². The Morgan fingerprint density at radius 3 is 1.82 bits per heavy atom. The molecule has 0 spiro atoms. The van der Waals surface area contributed by atoms with Crippen molar-refractivity contribution >= 4 is 7.92 Å². The molecule has 0 atom stereocenters. The fourth-order valence-corrected chi connectivity index (χ4v) is 2.86. The van der Waals surface area contributed by atoms with Crippen molar-refractivity contribution in [1.29, 1.82) is 0 Å². The van der Waals surface area contributed by atoms with Crippen LogP contribution in [0.25, 0.3) is 0 Å². The molecular formula is C9H17OP. The fraction of sp³-hybridized carbons (Fsp3) is 0.778. The Kier molecular flexibility index (Phi) is 5.34. The molecule has 0 aliphatic heterocycles. The summed E-state index contributed by atoms with van der Waals surface area (Å²) in [5.74, 6) is 0. The maximum absolute atomic E-state index is 4.73. The SMILES string of the molecule is COC#CP(C(C)C)C(C)C. The highest BCUT2D eigenvalue weighted by molar-refractivity contribution is 7.64. The standard InChI is InChI=1S/C9H17OP/c1-8(2)11(9(3)4)7-6-10-5/h8-9H,1-5H3. The van der Waals surface area contributed by atoms with Crippen molar-refractivity contribution in [2.24, 2.45) is 0 Å². The lowest BCUT2D eigenvalue weighted by Gasteiger charge is -2.18. The number of hydrogen-bond acceptors (Lipinski definition) is 1. The van der Waals surface area contributed by atoms with Crippen molar-refractivity contribution in [2.45, 2.75) is 39.0 Å². The fourth-order valence-electron chi connectivity index (χ4n) is 0.953. The Hall–Kier alpha value is -0.210. The molecule has 2 heteroatoms. The second-order valence-corrected chi connectivity index (χ2v) is 6.12. The zero-order valence-corrected chi connectivity index (χ0v) is 8.90. The van der Waals surface area contributed by atoms with Gasteiger partial charge in [0, 0.05) is 0 Å². The Morgan fingerprint density at radius 2 is 1.55 bits per heavy atom. The van der Waals surface area contributed by atoms with Crippen molar-refractivity contribution in [2.75, 3.05) is 7.11 Å². The predicted molar refractivity (Wildman–Crippen MR) is 52.0 cm³/mol. The first kappa shape index (κ1) is 10.8. The van der Waals surface area contributed by atoms with Gasteiger partial charge in [-0.25, -0.2) is 0 Å². The Morgan fingerprint density at radius 1 is 1.09 bits per heavy atom. The van der Waals surface area contributed by atoms with Crippen molar-refractivity contribution in [3.63, 3.8) is 0 Å². The molecule has 0 aliphatic rings. The topological polar surface area (TPSA) is 9.23 Å². The van der Waals surface area contributed by atoms with Crippen molar-refractivity contribution in [1.82, 2.24) is 0 Å². The van der Waals surface area contributed by atoms with Crippen LogP contribution in [-0.4, -0.2) is 18.4 Å². The van der Waals surface area contributed by atoms with Crippen molar-refractivity contribution < 1.29 is 4.74 Å². The van der Waals surface area contributed by atoms with Crippen LogP contribution in [0.2, 0.25) is 0 Å². The molecule has 64 valence electrons. The van der Waals surface area contributed by atoms with Crippen LogP contribution in [-0.2, 0) is 4.74 Å². The number of ether oxygens (including phenoxy) is 1. The average Bonchev–Trinajstić information content (AvgIpc) is 1.87. The van der Waals surface area contributed by atoms with E-state index in [9.17, 15) is 0 Å². The van der Waals surface area contributed by atoms with Crippen LogP contribution in [0, 0.1) is 11.8 Å². The number of rotatable bonds is 2. The van der Waals surface area contributed by atoms with Gasteiger partial charge in [-0.3, -0.25) is 0 Å². The molecule has 11 heavy (non-hydrogen) atoms. The zero-order chi connectivity index (χ0) is 8.85. The van der Waals surface area contributed by atoms with Gasteiger partial charge in [-0.2, -0.15) is 0 Å². The van der Waals surface area contributed by atoms with Crippen LogP contribution in [0.5, 0.6) is 0 Å². The molecule has 0 unspecified atom stereocenters. The zero-order valence-electron chi connectivity index (χ0n) is 8.01. The third-order valence-corrected chi connectivity index (χ3v) is 3.96. The van der Waals surface area contributed by atoms with Gasteiger partial charge in [-0.15, -0.1) is 0 Å². The molecule has 0 aromatic heterocycles. The van der Waals surface area contributed by atoms with E-state index in [0.717, 1.165) is 0 Å². The summed E-state index contributed by atoms with van der Waals surface area (Å²) >= 11 is 0. The molecule has 0 rings (SSSR count). The summed E-state index contributed by atoms with van der Waals surface area (Å²) in [7, 11) is 1.44. The molecule has 0 bridgehead atoms. The molecule has 0 aromatic carbocycles. The molecule has 0 N–H and O–H groups in total. The van der Waals surface area contributed by atoms with Gasteiger partial charge in [0.05, 0.1) is 7.11 Å². The molecule has 0 aromatic rings. The first-order valence-electron chi connectivity index (χ1n) is 3.91. The van der Waals surface area contributed by atoms with Gasteiger partial charge in [0.15, 0.2) is 0 Å². The second kappa shape index (κ2) is 5.44. The summed E-state index contributed by atoms with van der Waals surface area (Å²) in [5, 5.41) is 0. The van der Waals surface area contributed by atoms with Gasteiger partial charge < -0.3 is 4.74 Å². The van der Waals surface area contributed by atoms with Gasteiger partial charge in [0.1, 0.15) is 6.11 Å². The highest BCUT2D eigenvalue weighted by Gasteiger charge is 2.13. The molecule has 0 aliphatic carbocycles. The monoisotopic (exact) mass is 172 g/mol. The van der Waals surface area contributed by atoms with Crippen LogP contribution in [0.1, 0.15) is 27.7 Å². The molecule has 0 saturated heterocycles. The van der Waals surface area contributed by atoms with Gasteiger partial charge in [0.2, 0.25) is 0 Å². The molecule has 1 nitrogen and oxygen atoms in total. The van der Waals surface area contributed by atoms with Crippen molar-refractivity contribution in [3.05, 3.63) is 0 Å². The third kappa shape index (κ3) is 4.27. The molecule has 0 fully saturated rings. The number of methoxy groups -OCH3 is 1. The molecule has 0 amide bonds.